The second kappa shape index (κ2) is 11.4. The lowest BCUT2D eigenvalue weighted by Gasteiger charge is -2.32. The second-order valence-electron chi connectivity index (χ2n) is 6.71. The molecule has 1 heterocycles. The lowest BCUT2D eigenvalue weighted by atomic mass is 10.1. The first-order valence-corrected chi connectivity index (χ1v) is 10.1. The Morgan fingerprint density at radius 2 is 2.04 bits per heavy atom. The number of carbonyl (C=O) groups excluding carboxylic acids is 1. The molecule has 0 spiro atoms. The number of aryl methyl sites for hydroxylation is 1. The van der Waals surface area contributed by atoms with Gasteiger partial charge in [0.05, 0.1) is 6.54 Å². The van der Waals surface area contributed by atoms with Gasteiger partial charge in [0.1, 0.15) is 0 Å². The molecule has 1 aromatic carbocycles. The number of carbonyl (C=O) groups is 1. The Hall–Kier alpha value is -1.50. The van der Waals surface area contributed by atoms with Gasteiger partial charge in [0.15, 0.2) is 5.96 Å². The van der Waals surface area contributed by atoms with Crippen LogP contribution in [-0.2, 0) is 11.2 Å². The number of halogens is 2. The lowest BCUT2D eigenvalue weighted by Crippen LogP contribution is -2.50. The third kappa shape index (κ3) is 7.56. The highest BCUT2D eigenvalue weighted by atomic mass is 35.5. The van der Waals surface area contributed by atoms with E-state index in [-0.39, 0.29) is 5.91 Å². The van der Waals surface area contributed by atoms with Crippen molar-refractivity contribution in [3.8, 4) is 0 Å². The minimum Gasteiger partial charge on any atom is -0.358 e. The molecule has 1 aromatic rings. The molecule has 2 rings (SSSR count). The summed E-state index contributed by atoms with van der Waals surface area (Å²) in [6.45, 7) is 3.12. The Morgan fingerprint density at radius 1 is 1.30 bits per heavy atom. The molecular weight excluding hydrogens is 385 g/mol. The van der Waals surface area contributed by atoms with Crippen molar-refractivity contribution in [2.24, 2.45) is 4.99 Å². The molecule has 0 aliphatic carbocycles. The monoisotopic (exact) mass is 413 g/mol. The van der Waals surface area contributed by atoms with Gasteiger partial charge in [0, 0.05) is 49.8 Å². The largest absolute Gasteiger partial charge is 0.358 e. The Bertz CT molecular complexity index is 645. The van der Waals surface area contributed by atoms with Gasteiger partial charge in [-0.15, -0.1) is 0 Å². The summed E-state index contributed by atoms with van der Waals surface area (Å²) in [4.78, 5) is 18.0. The van der Waals surface area contributed by atoms with Crippen molar-refractivity contribution in [2.45, 2.75) is 31.7 Å². The van der Waals surface area contributed by atoms with Crippen LogP contribution >= 0.6 is 23.2 Å². The number of likely N-dealkylation sites (tertiary alicyclic amines) is 1. The van der Waals surface area contributed by atoms with E-state index in [1.54, 1.807) is 20.2 Å². The van der Waals surface area contributed by atoms with E-state index in [4.69, 9.17) is 23.2 Å². The zero-order valence-corrected chi connectivity index (χ0v) is 17.5. The summed E-state index contributed by atoms with van der Waals surface area (Å²) in [6, 6.07) is 6.00. The molecule has 27 heavy (non-hydrogen) atoms. The third-order valence-electron chi connectivity index (χ3n) is 4.73. The number of amides is 1. The minimum atomic E-state index is 0.0691. The minimum absolute atomic E-state index is 0.0691. The first-order valence-electron chi connectivity index (χ1n) is 9.36. The summed E-state index contributed by atoms with van der Waals surface area (Å²) in [5.74, 6) is 0.890. The number of aliphatic imine (C=N–C) groups is 1. The molecule has 1 amide bonds. The predicted octanol–water partition coefficient (Wildman–Crippen LogP) is 2.30. The van der Waals surface area contributed by atoms with Gasteiger partial charge in [-0.25, -0.2) is 0 Å². The summed E-state index contributed by atoms with van der Waals surface area (Å²) in [6.07, 6.45) is 3.83. The Labute approximate surface area is 171 Å². The van der Waals surface area contributed by atoms with Crippen LogP contribution in [0.1, 0.15) is 24.8 Å². The van der Waals surface area contributed by atoms with E-state index in [0.29, 0.717) is 22.6 Å². The van der Waals surface area contributed by atoms with Crippen LogP contribution in [0.3, 0.4) is 0 Å². The highest BCUT2D eigenvalue weighted by Gasteiger charge is 2.21. The Morgan fingerprint density at radius 3 is 2.67 bits per heavy atom. The molecule has 6 nitrogen and oxygen atoms in total. The van der Waals surface area contributed by atoms with Crippen molar-refractivity contribution in [2.75, 3.05) is 40.3 Å². The zero-order valence-electron chi connectivity index (χ0n) is 16.0. The molecule has 0 aromatic heterocycles. The number of hydrogen-bond acceptors (Lipinski definition) is 3. The van der Waals surface area contributed by atoms with Crippen LogP contribution in [-0.4, -0.2) is 63.1 Å². The summed E-state index contributed by atoms with van der Waals surface area (Å²) >= 11 is 12.1. The molecule has 1 saturated heterocycles. The number of likely N-dealkylation sites (N-methyl/N-ethyl adjacent to an activating group) is 1. The standard InChI is InChI=1S/C19H29Cl2N5O/c1-22-18(27)13-26-10-7-16(8-11-26)25-19(23-2)24-9-3-4-14-5-6-15(20)12-17(14)21/h5-6,12,16H,3-4,7-11,13H2,1-2H3,(H,22,27)(H2,23,24,25). The maximum atomic E-state index is 11.5. The molecule has 3 N–H and O–H groups in total. The summed E-state index contributed by atoms with van der Waals surface area (Å²) in [5.41, 5.74) is 1.11. The van der Waals surface area contributed by atoms with Crippen LogP contribution in [0.15, 0.2) is 23.2 Å². The number of nitrogens with one attached hydrogen (secondary N) is 3. The van der Waals surface area contributed by atoms with Gasteiger partial charge in [-0.3, -0.25) is 14.7 Å². The number of benzene rings is 1. The van der Waals surface area contributed by atoms with Gasteiger partial charge in [-0.2, -0.15) is 0 Å². The van der Waals surface area contributed by atoms with Crippen LogP contribution in [0.2, 0.25) is 10.0 Å². The summed E-state index contributed by atoms with van der Waals surface area (Å²) in [7, 11) is 3.46. The molecule has 150 valence electrons. The lowest BCUT2D eigenvalue weighted by molar-refractivity contribution is -0.122. The van der Waals surface area contributed by atoms with Crippen LogP contribution in [0, 0.1) is 0 Å². The van der Waals surface area contributed by atoms with E-state index < -0.39 is 0 Å². The van der Waals surface area contributed by atoms with E-state index >= 15 is 0 Å². The van der Waals surface area contributed by atoms with Gasteiger partial charge < -0.3 is 16.0 Å². The van der Waals surface area contributed by atoms with E-state index in [1.165, 1.54) is 0 Å². The van der Waals surface area contributed by atoms with Gasteiger partial charge in [0.2, 0.25) is 5.91 Å². The van der Waals surface area contributed by atoms with Crippen molar-refractivity contribution in [3.63, 3.8) is 0 Å². The van der Waals surface area contributed by atoms with Crippen molar-refractivity contribution in [1.82, 2.24) is 20.9 Å². The molecule has 1 aliphatic rings. The number of hydrogen-bond donors (Lipinski definition) is 3. The first kappa shape index (κ1) is 21.8. The quantitative estimate of drug-likeness (QED) is 0.364. The molecule has 1 fully saturated rings. The fourth-order valence-electron chi connectivity index (χ4n) is 3.12. The summed E-state index contributed by atoms with van der Waals surface area (Å²) < 4.78 is 0. The highest BCUT2D eigenvalue weighted by Crippen LogP contribution is 2.21. The normalized spacial score (nSPS) is 16.2. The molecule has 8 heteroatoms. The second-order valence-corrected chi connectivity index (χ2v) is 7.55. The maximum Gasteiger partial charge on any atom is 0.233 e. The molecule has 0 radical (unpaired) electrons. The van der Waals surface area contributed by atoms with Crippen LogP contribution in [0.4, 0.5) is 0 Å². The molecule has 0 unspecified atom stereocenters. The smallest absolute Gasteiger partial charge is 0.233 e. The fourth-order valence-corrected chi connectivity index (χ4v) is 3.62. The van der Waals surface area contributed by atoms with Gasteiger partial charge in [-0.1, -0.05) is 29.3 Å². The Kier molecular flexibility index (Phi) is 9.18. The van der Waals surface area contributed by atoms with Crippen LogP contribution in [0.25, 0.3) is 0 Å². The van der Waals surface area contributed by atoms with Gasteiger partial charge >= 0.3 is 0 Å². The van der Waals surface area contributed by atoms with E-state index in [2.05, 4.69) is 25.8 Å². The molecule has 1 aliphatic heterocycles. The Balaban J connectivity index is 1.67. The van der Waals surface area contributed by atoms with Crippen LogP contribution < -0.4 is 16.0 Å². The van der Waals surface area contributed by atoms with E-state index in [1.807, 2.05) is 12.1 Å². The number of guanidine groups is 1. The topological polar surface area (TPSA) is 68.8 Å². The van der Waals surface area contributed by atoms with Gasteiger partial charge in [-0.05, 0) is 43.4 Å². The van der Waals surface area contributed by atoms with Crippen molar-refractivity contribution in [1.29, 1.82) is 0 Å². The molecule has 0 bridgehead atoms. The highest BCUT2D eigenvalue weighted by molar-refractivity contribution is 6.35. The van der Waals surface area contributed by atoms with E-state index in [0.717, 1.165) is 56.8 Å². The first-order chi connectivity index (χ1) is 13.0. The number of rotatable bonds is 7. The molecule has 0 saturated carbocycles. The molecular formula is C19H29Cl2N5O. The SMILES string of the molecule is CN=C(NCCCc1ccc(Cl)cc1Cl)NC1CCN(CC(=O)NC)CC1. The van der Waals surface area contributed by atoms with Crippen molar-refractivity contribution < 1.29 is 4.79 Å². The van der Waals surface area contributed by atoms with Crippen molar-refractivity contribution in [3.05, 3.63) is 33.8 Å². The predicted molar refractivity (Wildman–Crippen MR) is 113 cm³/mol. The average Bonchev–Trinajstić information content (AvgIpc) is 2.66. The summed E-state index contributed by atoms with van der Waals surface area (Å²) in [5, 5.41) is 10.9. The number of nitrogens with zero attached hydrogens (tertiary/aromatic N) is 2. The average molecular weight is 414 g/mol. The van der Waals surface area contributed by atoms with Gasteiger partial charge in [0.25, 0.3) is 0 Å². The van der Waals surface area contributed by atoms with Crippen molar-refractivity contribution >= 4 is 35.1 Å². The third-order valence-corrected chi connectivity index (χ3v) is 5.32. The zero-order chi connectivity index (χ0) is 19.6. The van der Waals surface area contributed by atoms with E-state index in [9.17, 15) is 4.79 Å². The molecule has 0 atom stereocenters. The fraction of sp³-hybridized carbons (Fsp3) is 0.579. The number of piperidine rings is 1. The van der Waals surface area contributed by atoms with Crippen LogP contribution in [0.5, 0.6) is 0 Å². The maximum absolute atomic E-state index is 11.5.